The Bertz CT molecular complexity index is 2120. The van der Waals surface area contributed by atoms with Crippen molar-refractivity contribution < 1.29 is 44.8 Å². The van der Waals surface area contributed by atoms with Crippen molar-refractivity contribution in [3.05, 3.63) is 155 Å². The molecule has 0 amide bonds. The van der Waals surface area contributed by atoms with Crippen molar-refractivity contribution in [2.45, 2.75) is 43.4 Å². The summed E-state index contributed by atoms with van der Waals surface area (Å²) in [5.41, 5.74) is 15.3. The van der Waals surface area contributed by atoms with Gasteiger partial charge in [0.15, 0.2) is 0 Å². The van der Waals surface area contributed by atoms with Crippen molar-refractivity contribution in [1.29, 1.82) is 0 Å². The third kappa shape index (κ3) is 5.35. The summed E-state index contributed by atoms with van der Waals surface area (Å²) in [6, 6.07) is 46.0. The molecule has 244 valence electrons. The Labute approximate surface area is 308 Å². The molecule has 6 aromatic rings. The Morgan fingerprint density at radius 2 is 0.816 bits per heavy atom. The molecule has 0 N–H and O–H groups in total. The van der Waals surface area contributed by atoms with Crippen LogP contribution in [0.3, 0.4) is 0 Å². The predicted octanol–water partition coefficient (Wildman–Crippen LogP) is 7.23. The van der Waals surface area contributed by atoms with Gasteiger partial charge in [0.2, 0.25) is 0 Å². The largest absolute Gasteiger partial charge is 1.00 e. The van der Waals surface area contributed by atoms with Gasteiger partial charge in [-0.1, -0.05) is 0 Å². The predicted molar refractivity (Wildman–Crippen MR) is 199 cm³/mol. The van der Waals surface area contributed by atoms with Crippen LogP contribution in [0.2, 0.25) is 8.35 Å². The van der Waals surface area contributed by atoms with E-state index < -0.39 is 20.0 Å². The second-order valence-corrected chi connectivity index (χ2v) is 31.5. The molecule has 2 atom stereocenters. The molecular formula is C46H42Cl2Hf. The van der Waals surface area contributed by atoms with Crippen LogP contribution in [0.15, 0.2) is 132 Å². The maximum atomic E-state index is 2.66. The average molecular weight is 844 g/mol. The van der Waals surface area contributed by atoms with Crippen LogP contribution in [0, 0.1) is 11.8 Å². The van der Waals surface area contributed by atoms with Gasteiger partial charge in [-0.15, -0.1) is 0 Å². The third-order valence-electron chi connectivity index (χ3n) is 11.7. The average Bonchev–Trinajstić information content (AvgIpc) is 3.60. The monoisotopic (exact) mass is 844 g/mol. The van der Waals surface area contributed by atoms with Gasteiger partial charge < -0.3 is 24.8 Å². The van der Waals surface area contributed by atoms with Crippen molar-refractivity contribution >= 4 is 33.7 Å². The van der Waals surface area contributed by atoms with E-state index in [-0.39, 0.29) is 24.8 Å². The Kier molecular flexibility index (Phi) is 9.18. The number of rotatable bonds is 6. The Hall–Kier alpha value is -3.23. The summed E-state index contributed by atoms with van der Waals surface area (Å²) in [6.07, 6.45) is 5.31. The van der Waals surface area contributed by atoms with Gasteiger partial charge in [0, 0.05) is 0 Å². The van der Waals surface area contributed by atoms with Crippen LogP contribution in [0.5, 0.6) is 0 Å². The topological polar surface area (TPSA) is 0 Å². The summed E-state index contributed by atoms with van der Waals surface area (Å²) < 4.78 is 4.28. The van der Waals surface area contributed by atoms with E-state index in [9.17, 15) is 0 Å². The summed E-state index contributed by atoms with van der Waals surface area (Å²) in [5, 5.41) is 5.35. The second-order valence-electron chi connectivity index (χ2n) is 14.9. The summed E-state index contributed by atoms with van der Waals surface area (Å²) in [5.74, 6) is 1.08. The van der Waals surface area contributed by atoms with E-state index in [2.05, 4.69) is 161 Å². The van der Waals surface area contributed by atoms with Crippen molar-refractivity contribution in [3.63, 3.8) is 0 Å². The third-order valence-corrected chi connectivity index (χ3v) is 30.5. The van der Waals surface area contributed by atoms with Crippen molar-refractivity contribution in [3.8, 4) is 22.3 Å². The molecule has 1 fully saturated rings. The van der Waals surface area contributed by atoms with Gasteiger partial charge in [0.25, 0.3) is 0 Å². The van der Waals surface area contributed by atoms with Crippen LogP contribution in [0.4, 0.5) is 0 Å². The van der Waals surface area contributed by atoms with E-state index >= 15 is 0 Å². The SMILES string of the molecule is CC(C)C1=Cc2c(-c3cccc4ccccc34)cccc2[CH]1[Hf+2]1([CH]2C(C(C)C)=Cc3c(-c4cccc5ccccc45)cccc32)[CH2][CH2]1.[Cl-].[Cl-]. The van der Waals surface area contributed by atoms with Gasteiger partial charge in [0.05, 0.1) is 0 Å². The first kappa shape index (κ1) is 34.2. The van der Waals surface area contributed by atoms with Gasteiger partial charge in [-0.05, 0) is 0 Å². The Morgan fingerprint density at radius 1 is 0.449 bits per heavy atom. The molecule has 0 nitrogen and oxygen atoms in total. The molecule has 0 aromatic heterocycles. The molecule has 0 bridgehead atoms. The molecule has 0 spiro atoms. The summed E-state index contributed by atoms with van der Waals surface area (Å²) >= 11 is -3.05. The Balaban J connectivity index is 0.00000189. The smallest absolute Gasteiger partial charge is 1.00 e. The van der Waals surface area contributed by atoms with E-state index in [1.165, 1.54) is 63.3 Å². The van der Waals surface area contributed by atoms with Crippen molar-refractivity contribution in [2.75, 3.05) is 0 Å². The molecule has 1 heterocycles. The number of benzene rings is 6. The molecule has 6 aromatic carbocycles. The van der Waals surface area contributed by atoms with Crippen LogP contribution in [0.1, 0.15) is 57.3 Å². The maximum Gasteiger partial charge on any atom is -1.00 e. The maximum absolute atomic E-state index is 3.05. The first-order chi connectivity index (χ1) is 23.0. The number of halogens is 2. The molecule has 3 heteroatoms. The molecule has 9 rings (SSSR count). The normalized spacial score (nSPS) is 17.8. The zero-order valence-electron chi connectivity index (χ0n) is 28.7. The van der Waals surface area contributed by atoms with Gasteiger partial charge in [-0.3, -0.25) is 0 Å². The van der Waals surface area contributed by atoms with Crippen molar-refractivity contribution in [2.24, 2.45) is 11.8 Å². The standard InChI is InChI=1S/2C22H19.C2H4.2ClH.Hf/c2*1-15(2)18-13-17-9-6-12-21(22(17)14-18)20-11-5-8-16-7-3-4-10-19(16)20;1-2;;;/h2*3-15H,1-2H3;1-2H2;2*1H;/q;;;;;+2/p-2. The zero-order valence-corrected chi connectivity index (χ0v) is 33.8. The van der Waals surface area contributed by atoms with Crippen LogP contribution >= 0.6 is 0 Å². The van der Waals surface area contributed by atoms with Gasteiger partial charge in [-0.25, -0.2) is 0 Å². The summed E-state index contributed by atoms with van der Waals surface area (Å²) in [4.78, 5) is 0. The van der Waals surface area contributed by atoms with Crippen LogP contribution in [0.25, 0.3) is 56.0 Å². The number of hydrogen-bond acceptors (Lipinski definition) is 0. The molecular weight excluding hydrogens is 802 g/mol. The molecule has 49 heavy (non-hydrogen) atoms. The van der Waals surface area contributed by atoms with E-state index in [0.717, 1.165) is 0 Å². The molecule has 3 aliphatic rings. The summed E-state index contributed by atoms with van der Waals surface area (Å²) in [6.45, 7) is 9.80. The van der Waals surface area contributed by atoms with E-state index in [0.29, 0.717) is 19.2 Å². The Morgan fingerprint density at radius 3 is 1.22 bits per heavy atom. The molecule has 0 saturated carbocycles. The van der Waals surface area contributed by atoms with E-state index in [4.69, 9.17) is 0 Å². The minimum atomic E-state index is -3.05. The molecule has 1 saturated heterocycles. The number of allylic oxidation sites excluding steroid dienone is 2. The first-order valence-electron chi connectivity index (χ1n) is 17.6. The van der Waals surface area contributed by atoms with Crippen LogP contribution in [-0.2, 0) is 20.0 Å². The van der Waals surface area contributed by atoms with Crippen LogP contribution < -0.4 is 24.8 Å². The number of hydrogen-bond donors (Lipinski definition) is 0. The molecule has 2 unspecified atom stereocenters. The zero-order chi connectivity index (χ0) is 31.9. The van der Waals surface area contributed by atoms with E-state index in [1.54, 1.807) is 22.3 Å². The molecule has 0 radical (unpaired) electrons. The quantitative estimate of drug-likeness (QED) is 0.156. The van der Waals surface area contributed by atoms with E-state index in [1.807, 2.05) is 0 Å². The fourth-order valence-corrected chi connectivity index (χ4v) is 38.3. The fourth-order valence-electron chi connectivity index (χ4n) is 9.41. The fraction of sp³-hybridized carbons (Fsp3) is 0.217. The molecule has 1 aliphatic heterocycles. The minimum absolute atomic E-state index is 0. The van der Waals surface area contributed by atoms with Gasteiger partial charge in [-0.2, -0.15) is 0 Å². The van der Waals surface area contributed by atoms with Crippen molar-refractivity contribution in [1.82, 2.24) is 0 Å². The summed E-state index contributed by atoms with van der Waals surface area (Å²) in [7, 11) is 0. The van der Waals surface area contributed by atoms with Gasteiger partial charge in [0.1, 0.15) is 0 Å². The first-order valence-corrected chi connectivity index (χ1v) is 26.8. The molecule has 2 aliphatic carbocycles. The van der Waals surface area contributed by atoms with Crippen LogP contribution in [-0.4, -0.2) is 0 Å². The van der Waals surface area contributed by atoms with Gasteiger partial charge >= 0.3 is 286 Å². The number of fused-ring (bicyclic) bond motifs is 4. The minimum Gasteiger partial charge on any atom is -1.00 e. The second kappa shape index (κ2) is 13.1.